The maximum atomic E-state index is 14.0. The minimum absolute atomic E-state index is 0.299. The van der Waals surface area contributed by atoms with E-state index in [0.717, 1.165) is 32.0 Å². The van der Waals surface area contributed by atoms with Gasteiger partial charge in [-0.2, -0.15) is 0 Å². The molecule has 1 aromatic heterocycles. The summed E-state index contributed by atoms with van der Waals surface area (Å²) in [5.41, 5.74) is 4.39. The number of nitrogens with zero attached hydrogens (tertiary/aromatic N) is 4. The van der Waals surface area contributed by atoms with Crippen LogP contribution in [0.2, 0.25) is 0 Å². The average molecular weight is 391 g/mol. The number of rotatable bonds is 4. The van der Waals surface area contributed by atoms with Crippen LogP contribution in [-0.2, 0) is 0 Å². The van der Waals surface area contributed by atoms with Crippen LogP contribution < -0.4 is 15.1 Å². The number of aryl methyl sites for hydroxylation is 2. The zero-order chi connectivity index (χ0) is 20.4. The lowest BCUT2D eigenvalue weighted by atomic mass is 10.1. The summed E-state index contributed by atoms with van der Waals surface area (Å²) in [7, 11) is 0. The highest BCUT2D eigenvalue weighted by atomic mass is 19.1. The fraction of sp³-hybridized carbons (Fsp3) is 0.304. The van der Waals surface area contributed by atoms with Crippen LogP contribution in [0, 0.1) is 26.6 Å². The van der Waals surface area contributed by atoms with Crippen molar-refractivity contribution >= 4 is 23.0 Å². The van der Waals surface area contributed by atoms with Crippen molar-refractivity contribution in [2.45, 2.75) is 20.8 Å². The molecular formula is C23H26FN5. The average Bonchev–Trinajstić information content (AvgIpc) is 2.72. The Bertz CT molecular complexity index is 1010. The van der Waals surface area contributed by atoms with Gasteiger partial charge in [0.15, 0.2) is 0 Å². The van der Waals surface area contributed by atoms with E-state index < -0.39 is 0 Å². The van der Waals surface area contributed by atoms with E-state index in [2.05, 4.69) is 57.1 Å². The van der Waals surface area contributed by atoms with Gasteiger partial charge >= 0.3 is 0 Å². The molecule has 1 aliphatic rings. The maximum absolute atomic E-state index is 14.0. The van der Waals surface area contributed by atoms with E-state index in [1.807, 2.05) is 13.0 Å². The molecule has 6 heteroatoms. The van der Waals surface area contributed by atoms with Crippen LogP contribution in [0.1, 0.15) is 17.0 Å². The Morgan fingerprint density at radius 3 is 2.34 bits per heavy atom. The van der Waals surface area contributed by atoms with Crippen molar-refractivity contribution in [1.82, 2.24) is 9.97 Å². The Balaban J connectivity index is 1.49. The zero-order valence-corrected chi connectivity index (χ0v) is 17.1. The second kappa shape index (κ2) is 8.07. The maximum Gasteiger partial charge on any atom is 0.146 e. The molecule has 2 aromatic carbocycles. The Kier molecular flexibility index (Phi) is 5.34. The molecule has 4 rings (SSSR count). The number of nitrogens with one attached hydrogen (secondary N) is 1. The van der Waals surface area contributed by atoms with Crippen LogP contribution in [0.15, 0.2) is 48.5 Å². The van der Waals surface area contributed by atoms with Crippen LogP contribution in [-0.4, -0.2) is 36.1 Å². The van der Waals surface area contributed by atoms with E-state index in [0.29, 0.717) is 17.3 Å². The van der Waals surface area contributed by atoms with Crippen molar-refractivity contribution in [1.29, 1.82) is 0 Å². The standard InChI is InChI=1S/C23H26FN5/c1-16-7-6-10-21(17(16)2)28-11-13-29(14-12-28)23-15-22(25-18(3)26-23)27-20-9-5-4-8-19(20)24/h4-10,15H,11-14H2,1-3H3,(H,25,26,27). The minimum atomic E-state index is -0.299. The van der Waals surface area contributed by atoms with Crippen molar-refractivity contribution in [3.8, 4) is 0 Å². The van der Waals surface area contributed by atoms with E-state index in [1.165, 1.54) is 22.9 Å². The minimum Gasteiger partial charge on any atom is -0.368 e. The number of aromatic nitrogens is 2. The van der Waals surface area contributed by atoms with Crippen LogP contribution in [0.4, 0.5) is 27.4 Å². The summed E-state index contributed by atoms with van der Waals surface area (Å²) in [6.45, 7) is 9.83. The van der Waals surface area contributed by atoms with Crippen molar-refractivity contribution in [3.63, 3.8) is 0 Å². The van der Waals surface area contributed by atoms with E-state index in [-0.39, 0.29) is 5.82 Å². The van der Waals surface area contributed by atoms with Gasteiger partial charge in [-0.15, -0.1) is 0 Å². The van der Waals surface area contributed by atoms with Gasteiger partial charge in [0.25, 0.3) is 0 Å². The summed E-state index contributed by atoms with van der Waals surface area (Å²) in [6.07, 6.45) is 0. The Morgan fingerprint density at radius 1 is 0.862 bits per heavy atom. The van der Waals surface area contributed by atoms with Crippen molar-refractivity contribution in [2.24, 2.45) is 0 Å². The van der Waals surface area contributed by atoms with Gasteiger partial charge < -0.3 is 15.1 Å². The molecule has 5 nitrogen and oxygen atoms in total. The molecule has 1 saturated heterocycles. The van der Waals surface area contributed by atoms with Crippen LogP contribution in [0.25, 0.3) is 0 Å². The highest BCUT2D eigenvalue weighted by Gasteiger charge is 2.20. The molecule has 1 fully saturated rings. The van der Waals surface area contributed by atoms with Crippen molar-refractivity contribution < 1.29 is 4.39 Å². The highest BCUT2D eigenvalue weighted by molar-refractivity contribution is 5.61. The third kappa shape index (κ3) is 4.16. The molecule has 1 aliphatic heterocycles. The van der Waals surface area contributed by atoms with Gasteiger partial charge in [-0.3, -0.25) is 0 Å². The summed E-state index contributed by atoms with van der Waals surface area (Å²) in [4.78, 5) is 13.7. The fourth-order valence-corrected chi connectivity index (χ4v) is 3.73. The molecule has 150 valence electrons. The molecule has 1 N–H and O–H groups in total. The van der Waals surface area contributed by atoms with Crippen LogP contribution in [0.3, 0.4) is 0 Å². The molecule has 29 heavy (non-hydrogen) atoms. The van der Waals surface area contributed by atoms with Crippen LogP contribution in [0.5, 0.6) is 0 Å². The van der Waals surface area contributed by atoms with Gasteiger partial charge in [0.05, 0.1) is 5.69 Å². The summed E-state index contributed by atoms with van der Waals surface area (Å²) in [6, 6.07) is 15.0. The van der Waals surface area contributed by atoms with Gasteiger partial charge in [0.2, 0.25) is 0 Å². The number of benzene rings is 2. The smallest absolute Gasteiger partial charge is 0.146 e. The number of hydrogen-bond donors (Lipinski definition) is 1. The lowest BCUT2D eigenvalue weighted by molar-refractivity contribution is 0.631. The monoisotopic (exact) mass is 391 g/mol. The number of halogens is 1. The Hall–Kier alpha value is -3.15. The van der Waals surface area contributed by atoms with E-state index in [4.69, 9.17) is 0 Å². The van der Waals surface area contributed by atoms with Gasteiger partial charge in [0, 0.05) is 37.9 Å². The third-order valence-electron chi connectivity index (χ3n) is 5.48. The molecule has 0 radical (unpaired) electrons. The molecule has 2 heterocycles. The van der Waals surface area contributed by atoms with Gasteiger partial charge in [-0.1, -0.05) is 24.3 Å². The first kappa shape index (κ1) is 19.2. The molecule has 0 aliphatic carbocycles. The molecule has 0 saturated carbocycles. The zero-order valence-electron chi connectivity index (χ0n) is 17.1. The summed E-state index contributed by atoms with van der Waals surface area (Å²) in [5.74, 6) is 1.84. The fourth-order valence-electron chi connectivity index (χ4n) is 3.73. The van der Waals surface area contributed by atoms with Gasteiger partial charge in [0.1, 0.15) is 23.3 Å². The van der Waals surface area contributed by atoms with Gasteiger partial charge in [-0.05, 0) is 50.1 Å². The predicted molar refractivity (Wildman–Crippen MR) is 117 cm³/mol. The molecule has 3 aromatic rings. The predicted octanol–water partition coefficient (Wildman–Crippen LogP) is 4.61. The first-order chi connectivity index (χ1) is 14.0. The van der Waals surface area contributed by atoms with E-state index in [1.54, 1.807) is 18.2 Å². The summed E-state index contributed by atoms with van der Waals surface area (Å²) < 4.78 is 14.0. The summed E-state index contributed by atoms with van der Waals surface area (Å²) in [5, 5.41) is 3.08. The first-order valence-corrected chi connectivity index (χ1v) is 9.94. The second-order valence-corrected chi connectivity index (χ2v) is 7.46. The SMILES string of the molecule is Cc1nc(Nc2ccccc2F)cc(N2CCN(c3cccc(C)c3C)CC2)n1. The molecule has 0 amide bonds. The van der Waals surface area contributed by atoms with E-state index in [9.17, 15) is 4.39 Å². The quantitative estimate of drug-likeness (QED) is 0.704. The van der Waals surface area contributed by atoms with Crippen molar-refractivity contribution in [3.05, 3.63) is 71.3 Å². The highest BCUT2D eigenvalue weighted by Crippen LogP contribution is 2.26. The van der Waals surface area contributed by atoms with E-state index >= 15 is 0 Å². The number of para-hydroxylation sites is 1. The normalized spacial score (nSPS) is 14.2. The number of anilines is 4. The lowest BCUT2D eigenvalue weighted by Crippen LogP contribution is -2.47. The topological polar surface area (TPSA) is 44.3 Å². The van der Waals surface area contributed by atoms with Crippen LogP contribution >= 0.6 is 0 Å². The molecule has 0 bridgehead atoms. The largest absolute Gasteiger partial charge is 0.368 e. The molecule has 0 atom stereocenters. The summed E-state index contributed by atoms with van der Waals surface area (Å²) >= 11 is 0. The third-order valence-corrected chi connectivity index (χ3v) is 5.48. The molecule has 0 spiro atoms. The number of hydrogen-bond acceptors (Lipinski definition) is 5. The second-order valence-electron chi connectivity index (χ2n) is 7.46. The lowest BCUT2D eigenvalue weighted by Gasteiger charge is -2.37. The Labute approximate surface area is 171 Å². The first-order valence-electron chi connectivity index (χ1n) is 9.94. The number of piperazine rings is 1. The van der Waals surface area contributed by atoms with Gasteiger partial charge in [-0.25, -0.2) is 14.4 Å². The molecule has 0 unspecified atom stereocenters. The Morgan fingerprint density at radius 2 is 1.59 bits per heavy atom. The molecular weight excluding hydrogens is 365 g/mol. The van der Waals surface area contributed by atoms with Crippen molar-refractivity contribution in [2.75, 3.05) is 41.3 Å².